The number of aliphatic hydroxyl groups is 3. The molecule has 2 aliphatic carbocycles. The normalized spacial score (nSPS) is 54.9. The van der Waals surface area contributed by atoms with E-state index in [9.17, 15) is 24.9 Å². The van der Waals surface area contributed by atoms with Gasteiger partial charge in [-0.05, 0) is 27.7 Å². The van der Waals surface area contributed by atoms with Crippen LogP contribution in [-0.4, -0.2) is 68.5 Å². The molecule has 0 aromatic carbocycles. The van der Waals surface area contributed by atoms with Gasteiger partial charge >= 0.3 is 11.9 Å². The Labute approximate surface area is 163 Å². The Morgan fingerprint density at radius 1 is 1.32 bits per heavy atom. The number of epoxide rings is 1. The van der Waals surface area contributed by atoms with Gasteiger partial charge in [0.25, 0.3) is 0 Å². The van der Waals surface area contributed by atoms with Crippen molar-refractivity contribution in [3.05, 3.63) is 11.6 Å². The predicted octanol–water partition coefficient (Wildman–Crippen LogP) is 0.0761. The molecule has 4 fully saturated rings. The largest absolute Gasteiger partial charge is 0.461 e. The van der Waals surface area contributed by atoms with Crippen molar-refractivity contribution in [1.29, 1.82) is 0 Å². The fourth-order valence-corrected chi connectivity index (χ4v) is 5.74. The molecule has 0 amide bonds. The zero-order chi connectivity index (χ0) is 20.8. The molecule has 0 aromatic rings. The Morgan fingerprint density at radius 2 is 1.96 bits per heavy atom. The molecule has 3 N–H and O–H groups in total. The Balaban J connectivity index is 1.80. The van der Waals surface area contributed by atoms with Gasteiger partial charge in [0, 0.05) is 17.9 Å². The molecule has 1 spiro atoms. The zero-order valence-electron chi connectivity index (χ0n) is 16.7. The smallest absolute Gasteiger partial charge is 0.333 e. The quantitative estimate of drug-likeness (QED) is 0.340. The van der Waals surface area contributed by atoms with Crippen LogP contribution in [0.4, 0.5) is 0 Å². The van der Waals surface area contributed by atoms with Gasteiger partial charge in [-0.3, -0.25) is 4.79 Å². The molecule has 8 heteroatoms. The number of rotatable bonds is 2. The van der Waals surface area contributed by atoms with Gasteiger partial charge in [0.05, 0.1) is 23.0 Å². The minimum absolute atomic E-state index is 0.00762. The topological polar surface area (TPSA) is 126 Å². The molecule has 10 atom stereocenters. The maximum atomic E-state index is 12.4. The molecule has 4 rings (SSSR count). The lowest BCUT2D eigenvalue weighted by Gasteiger charge is -2.40. The van der Waals surface area contributed by atoms with E-state index in [-0.39, 0.29) is 6.42 Å². The van der Waals surface area contributed by atoms with E-state index < -0.39 is 70.9 Å². The fourth-order valence-electron chi connectivity index (χ4n) is 5.74. The summed E-state index contributed by atoms with van der Waals surface area (Å²) in [6, 6.07) is 0. The van der Waals surface area contributed by atoms with E-state index in [0.29, 0.717) is 5.57 Å². The molecule has 4 aliphatic rings. The summed E-state index contributed by atoms with van der Waals surface area (Å²) in [6.45, 7) is 8.07. The Kier molecular flexibility index (Phi) is 4.09. The number of hydrogen-bond donors (Lipinski definition) is 3. The minimum Gasteiger partial charge on any atom is -0.461 e. The molecule has 0 bridgehead atoms. The lowest BCUT2D eigenvalue weighted by atomic mass is 9.72. The number of esters is 2. The van der Waals surface area contributed by atoms with E-state index in [4.69, 9.17) is 14.2 Å². The monoisotopic (exact) mass is 396 g/mol. The summed E-state index contributed by atoms with van der Waals surface area (Å²) in [7, 11) is 0. The van der Waals surface area contributed by atoms with Crippen LogP contribution in [0.5, 0.6) is 0 Å². The first-order valence-corrected chi connectivity index (χ1v) is 9.75. The molecule has 156 valence electrons. The first-order valence-electron chi connectivity index (χ1n) is 9.75. The highest BCUT2D eigenvalue weighted by Gasteiger charge is 2.87. The van der Waals surface area contributed by atoms with E-state index in [1.54, 1.807) is 33.8 Å². The molecule has 10 unspecified atom stereocenters. The van der Waals surface area contributed by atoms with Crippen LogP contribution in [0.15, 0.2) is 11.6 Å². The van der Waals surface area contributed by atoms with Crippen molar-refractivity contribution in [1.82, 2.24) is 0 Å². The third kappa shape index (κ3) is 2.26. The molecular formula is C20H28O8. The number of hydrogen-bond acceptors (Lipinski definition) is 8. The second-order valence-corrected chi connectivity index (χ2v) is 9.14. The van der Waals surface area contributed by atoms with Gasteiger partial charge in [-0.2, -0.15) is 0 Å². The maximum absolute atomic E-state index is 12.4. The summed E-state index contributed by atoms with van der Waals surface area (Å²) in [6.07, 6.45) is -2.01. The Morgan fingerprint density at radius 3 is 2.57 bits per heavy atom. The van der Waals surface area contributed by atoms with Crippen LogP contribution in [-0.2, 0) is 23.8 Å². The second-order valence-electron chi connectivity index (χ2n) is 9.14. The average molecular weight is 396 g/mol. The highest BCUT2D eigenvalue weighted by Crippen LogP contribution is 2.68. The Hall–Kier alpha value is -1.48. The molecule has 2 aliphatic heterocycles. The zero-order valence-corrected chi connectivity index (χ0v) is 16.7. The van der Waals surface area contributed by atoms with Gasteiger partial charge in [-0.15, -0.1) is 0 Å². The van der Waals surface area contributed by atoms with Crippen molar-refractivity contribution in [2.24, 2.45) is 17.8 Å². The number of carbonyl (C=O) groups is 2. The number of fused-ring (bicyclic) bond motifs is 2. The maximum Gasteiger partial charge on any atom is 0.333 e. The van der Waals surface area contributed by atoms with Gasteiger partial charge in [0.2, 0.25) is 0 Å². The second kappa shape index (κ2) is 5.78. The van der Waals surface area contributed by atoms with Crippen LogP contribution in [0.3, 0.4) is 0 Å². The van der Waals surface area contributed by atoms with E-state index in [1.807, 2.05) is 0 Å². The van der Waals surface area contributed by atoms with Crippen LogP contribution < -0.4 is 0 Å². The SMILES string of the molecule is CC=C(C)C(=O)OC1CC(C)(O)C23OC2C(O)C(C)(O)C3C2OC(=O)C(C)C12. The number of ether oxygens (including phenoxy) is 3. The van der Waals surface area contributed by atoms with Gasteiger partial charge < -0.3 is 29.5 Å². The van der Waals surface area contributed by atoms with Gasteiger partial charge in [0.1, 0.15) is 30.0 Å². The standard InChI is InChI=1S/C20H28O8/c1-6-8(2)16(22)26-10-7-18(4,24)20-13(12-11(10)9(3)17(23)27-12)19(5,25)14(21)15(20)28-20/h6,9-15,21,24-25H,7H2,1-5H3. The number of aliphatic hydroxyl groups excluding tert-OH is 1. The van der Waals surface area contributed by atoms with E-state index in [0.717, 1.165) is 0 Å². The Bertz CT molecular complexity index is 755. The van der Waals surface area contributed by atoms with E-state index in [2.05, 4.69) is 0 Å². The van der Waals surface area contributed by atoms with Crippen molar-refractivity contribution in [2.75, 3.05) is 0 Å². The number of carbonyl (C=O) groups excluding carboxylic acids is 2. The van der Waals surface area contributed by atoms with Crippen molar-refractivity contribution in [3.63, 3.8) is 0 Å². The predicted molar refractivity (Wildman–Crippen MR) is 94.8 cm³/mol. The van der Waals surface area contributed by atoms with Crippen LogP contribution in [0, 0.1) is 17.8 Å². The van der Waals surface area contributed by atoms with Crippen molar-refractivity contribution in [2.45, 2.75) is 82.3 Å². The van der Waals surface area contributed by atoms with E-state index in [1.165, 1.54) is 6.92 Å². The summed E-state index contributed by atoms with van der Waals surface area (Å²) in [5, 5.41) is 33.0. The molecule has 2 saturated heterocycles. The molecule has 8 nitrogen and oxygen atoms in total. The first-order chi connectivity index (χ1) is 12.9. The third-order valence-electron chi connectivity index (χ3n) is 7.46. The molecular weight excluding hydrogens is 368 g/mol. The van der Waals surface area contributed by atoms with Crippen LogP contribution in [0.25, 0.3) is 0 Å². The molecule has 28 heavy (non-hydrogen) atoms. The van der Waals surface area contributed by atoms with Gasteiger partial charge in [-0.1, -0.05) is 13.0 Å². The lowest BCUT2D eigenvalue weighted by molar-refractivity contribution is -0.178. The molecule has 0 radical (unpaired) electrons. The highest BCUT2D eigenvalue weighted by molar-refractivity contribution is 5.87. The van der Waals surface area contributed by atoms with E-state index >= 15 is 0 Å². The summed E-state index contributed by atoms with van der Waals surface area (Å²) in [5.41, 5.74) is -3.98. The van der Waals surface area contributed by atoms with Crippen LogP contribution in [0.2, 0.25) is 0 Å². The summed E-state index contributed by atoms with van der Waals surface area (Å²) >= 11 is 0. The third-order valence-corrected chi connectivity index (χ3v) is 7.46. The molecule has 0 aromatic heterocycles. The summed E-state index contributed by atoms with van der Waals surface area (Å²) in [4.78, 5) is 24.9. The van der Waals surface area contributed by atoms with Crippen molar-refractivity contribution < 1.29 is 39.1 Å². The summed E-state index contributed by atoms with van der Waals surface area (Å²) in [5.74, 6) is -2.99. The first kappa shape index (κ1) is 19.8. The van der Waals surface area contributed by atoms with Gasteiger partial charge in [0.15, 0.2) is 0 Å². The molecule has 2 heterocycles. The van der Waals surface area contributed by atoms with Crippen molar-refractivity contribution in [3.8, 4) is 0 Å². The minimum atomic E-state index is -1.63. The average Bonchev–Trinajstić information content (AvgIpc) is 3.25. The lowest BCUT2D eigenvalue weighted by Crippen LogP contribution is -2.56. The number of allylic oxidation sites excluding steroid dienone is 1. The van der Waals surface area contributed by atoms with Crippen LogP contribution >= 0.6 is 0 Å². The fraction of sp³-hybridized carbons (Fsp3) is 0.800. The van der Waals surface area contributed by atoms with Crippen LogP contribution in [0.1, 0.15) is 41.0 Å². The summed E-state index contributed by atoms with van der Waals surface area (Å²) < 4.78 is 17.1. The highest BCUT2D eigenvalue weighted by atomic mass is 16.7. The van der Waals surface area contributed by atoms with Crippen molar-refractivity contribution >= 4 is 11.9 Å². The van der Waals surface area contributed by atoms with Gasteiger partial charge in [-0.25, -0.2) is 4.79 Å². The molecule has 2 saturated carbocycles.